The van der Waals surface area contributed by atoms with Crippen molar-refractivity contribution in [1.29, 1.82) is 0 Å². The Labute approximate surface area is 155 Å². The molecule has 2 aromatic carbocycles. The molecule has 0 fully saturated rings. The Morgan fingerprint density at radius 3 is 2.48 bits per heavy atom. The zero-order valence-electron chi connectivity index (χ0n) is 15.0. The molecule has 6 nitrogen and oxygen atoms in total. The predicted molar refractivity (Wildman–Crippen MR) is 101 cm³/mol. The van der Waals surface area contributed by atoms with Crippen molar-refractivity contribution in [3.05, 3.63) is 76.1 Å². The number of ether oxygens (including phenoxy) is 2. The molecule has 1 atom stereocenters. The van der Waals surface area contributed by atoms with Gasteiger partial charge in [-0.1, -0.05) is 12.1 Å². The highest BCUT2D eigenvalue weighted by atomic mass is 16.5. The summed E-state index contributed by atoms with van der Waals surface area (Å²) in [6.45, 7) is 3.90. The van der Waals surface area contributed by atoms with Gasteiger partial charge < -0.3 is 14.5 Å². The summed E-state index contributed by atoms with van der Waals surface area (Å²) in [5.74, 6) is -0.438. The molecule has 1 N–H and O–H groups in total. The predicted octanol–water partition coefficient (Wildman–Crippen LogP) is 3.36. The maximum absolute atomic E-state index is 12.5. The normalized spacial score (nSPS) is 11.8. The Hall–Kier alpha value is -3.41. The van der Waals surface area contributed by atoms with Crippen LogP contribution in [0.1, 0.15) is 34.7 Å². The Morgan fingerprint density at radius 1 is 1.07 bits per heavy atom. The summed E-state index contributed by atoms with van der Waals surface area (Å²) in [5.41, 5.74) is 0.653. The molecule has 6 heteroatoms. The highest BCUT2D eigenvalue weighted by Gasteiger charge is 2.21. The van der Waals surface area contributed by atoms with E-state index in [2.05, 4.69) is 4.98 Å². The zero-order chi connectivity index (χ0) is 19.4. The molecule has 0 saturated carbocycles. The number of H-pyrrole nitrogens is 1. The molecule has 3 rings (SSSR count). The number of hydrogen-bond acceptors (Lipinski definition) is 5. The molecule has 0 spiro atoms. The summed E-state index contributed by atoms with van der Waals surface area (Å²) < 4.78 is 10.6. The molecule has 0 radical (unpaired) electrons. The van der Waals surface area contributed by atoms with Gasteiger partial charge in [-0.25, -0.2) is 4.79 Å². The molecule has 138 valence electrons. The Morgan fingerprint density at radius 2 is 1.78 bits per heavy atom. The van der Waals surface area contributed by atoms with Gasteiger partial charge in [0.05, 0.1) is 6.61 Å². The zero-order valence-corrected chi connectivity index (χ0v) is 15.0. The summed E-state index contributed by atoms with van der Waals surface area (Å²) in [7, 11) is 0. The van der Waals surface area contributed by atoms with E-state index in [0.29, 0.717) is 28.8 Å². The van der Waals surface area contributed by atoms with Crippen molar-refractivity contribution in [1.82, 2.24) is 4.98 Å². The third-order valence-electron chi connectivity index (χ3n) is 4.06. The van der Waals surface area contributed by atoms with Crippen LogP contribution < -0.4 is 10.2 Å². The number of carbonyl (C=O) groups is 2. The van der Waals surface area contributed by atoms with Crippen LogP contribution in [0.15, 0.2) is 59.4 Å². The van der Waals surface area contributed by atoms with Gasteiger partial charge in [0, 0.05) is 22.5 Å². The molecular formula is C21H19NO5. The average Bonchev–Trinajstić information content (AvgIpc) is 2.68. The Kier molecular flexibility index (Phi) is 5.35. The van der Waals surface area contributed by atoms with Crippen LogP contribution in [0.2, 0.25) is 0 Å². The van der Waals surface area contributed by atoms with Crippen LogP contribution >= 0.6 is 0 Å². The number of para-hydroxylation sites is 1. The lowest BCUT2D eigenvalue weighted by Gasteiger charge is -2.13. The fourth-order valence-corrected chi connectivity index (χ4v) is 2.70. The quantitative estimate of drug-likeness (QED) is 0.535. The van der Waals surface area contributed by atoms with E-state index in [-0.39, 0.29) is 16.9 Å². The van der Waals surface area contributed by atoms with Crippen molar-refractivity contribution in [3.63, 3.8) is 0 Å². The molecule has 0 aliphatic carbocycles. The van der Waals surface area contributed by atoms with Gasteiger partial charge in [0.2, 0.25) is 5.78 Å². The number of benzene rings is 2. The lowest BCUT2D eigenvalue weighted by Crippen LogP contribution is -2.25. The first-order valence-electron chi connectivity index (χ1n) is 8.59. The van der Waals surface area contributed by atoms with Crippen molar-refractivity contribution >= 4 is 22.7 Å². The van der Waals surface area contributed by atoms with E-state index in [4.69, 9.17) is 9.47 Å². The van der Waals surface area contributed by atoms with Gasteiger partial charge in [-0.05, 0) is 50.2 Å². The highest BCUT2D eigenvalue weighted by Crippen LogP contribution is 2.15. The second kappa shape index (κ2) is 7.86. The van der Waals surface area contributed by atoms with Crippen LogP contribution in [-0.2, 0) is 4.74 Å². The van der Waals surface area contributed by atoms with Crippen LogP contribution in [0.3, 0.4) is 0 Å². The van der Waals surface area contributed by atoms with E-state index >= 15 is 0 Å². The molecule has 0 bridgehead atoms. The van der Waals surface area contributed by atoms with Gasteiger partial charge >= 0.3 is 5.97 Å². The minimum absolute atomic E-state index is 0.00467. The Balaban J connectivity index is 1.75. The van der Waals surface area contributed by atoms with Gasteiger partial charge in [0.15, 0.2) is 11.5 Å². The summed E-state index contributed by atoms with van der Waals surface area (Å²) in [6, 6.07) is 14.7. The van der Waals surface area contributed by atoms with Gasteiger partial charge in [-0.2, -0.15) is 0 Å². The number of aromatic nitrogens is 1. The van der Waals surface area contributed by atoms with Gasteiger partial charge in [0.25, 0.3) is 0 Å². The number of esters is 1. The summed E-state index contributed by atoms with van der Waals surface area (Å²) >= 11 is 0. The summed E-state index contributed by atoms with van der Waals surface area (Å²) in [6.07, 6.45) is -0.995. The smallest absolute Gasteiger partial charge is 0.355 e. The molecular weight excluding hydrogens is 346 g/mol. The van der Waals surface area contributed by atoms with Crippen molar-refractivity contribution in [3.8, 4) is 5.75 Å². The van der Waals surface area contributed by atoms with E-state index in [0.717, 1.165) is 0 Å². The SMILES string of the molecule is CCOc1ccc(C(=O)[C@@H](C)OC(=O)c2cc(=O)c3ccccc3[nH]2)cc1. The summed E-state index contributed by atoms with van der Waals surface area (Å²) in [4.78, 5) is 39.8. The van der Waals surface area contributed by atoms with E-state index in [1.54, 1.807) is 48.5 Å². The molecule has 27 heavy (non-hydrogen) atoms. The molecule has 1 aromatic heterocycles. The van der Waals surface area contributed by atoms with Crippen LogP contribution in [0.4, 0.5) is 0 Å². The van der Waals surface area contributed by atoms with Crippen molar-refractivity contribution in [2.24, 2.45) is 0 Å². The molecule has 0 saturated heterocycles. The van der Waals surface area contributed by atoms with E-state index in [1.807, 2.05) is 6.92 Å². The average molecular weight is 365 g/mol. The number of fused-ring (bicyclic) bond motifs is 1. The first-order chi connectivity index (χ1) is 13.0. The molecule has 0 aliphatic heterocycles. The maximum Gasteiger partial charge on any atom is 0.355 e. The van der Waals surface area contributed by atoms with Crippen molar-refractivity contribution in [2.45, 2.75) is 20.0 Å². The van der Waals surface area contributed by atoms with Crippen LogP contribution in [0, 0.1) is 0 Å². The standard InChI is InChI=1S/C21H19NO5/c1-3-26-15-10-8-14(9-11-15)20(24)13(2)27-21(25)18-12-19(23)16-6-4-5-7-17(16)22-18/h4-13H,3H2,1-2H3,(H,22,23)/t13-/m1/s1. The molecule has 1 heterocycles. The first kappa shape index (κ1) is 18.4. The number of nitrogens with one attached hydrogen (secondary N) is 1. The number of pyridine rings is 1. The molecule has 0 aliphatic rings. The van der Waals surface area contributed by atoms with E-state index < -0.39 is 12.1 Å². The van der Waals surface area contributed by atoms with Gasteiger partial charge in [-0.3, -0.25) is 9.59 Å². The topological polar surface area (TPSA) is 85.5 Å². The van der Waals surface area contributed by atoms with Crippen LogP contribution in [-0.4, -0.2) is 29.4 Å². The minimum Gasteiger partial charge on any atom is -0.494 e. The van der Waals surface area contributed by atoms with E-state index in [1.165, 1.54) is 13.0 Å². The number of ketones is 1. The highest BCUT2D eigenvalue weighted by molar-refractivity contribution is 6.01. The minimum atomic E-state index is -0.995. The fraction of sp³-hybridized carbons (Fsp3) is 0.190. The monoisotopic (exact) mass is 365 g/mol. The molecule has 0 unspecified atom stereocenters. The number of carbonyl (C=O) groups excluding carboxylic acids is 2. The van der Waals surface area contributed by atoms with Gasteiger partial charge in [0.1, 0.15) is 11.4 Å². The lowest BCUT2D eigenvalue weighted by molar-refractivity contribution is 0.0313. The number of aromatic amines is 1. The second-order valence-corrected chi connectivity index (χ2v) is 5.96. The first-order valence-corrected chi connectivity index (χ1v) is 8.59. The van der Waals surface area contributed by atoms with Crippen molar-refractivity contribution < 1.29 is 19.1 Å². The van der Waals surface area contributed by atoms with Crippen molar-refractivity contribution in [2.75, 3.05) is 6.61 Å². The third kappa shape index (κ3) is 4.06. The van der Waals surface area contributed by atoms with E-state index in [9.17, 15) is 14.4 Å². The van der Waals surface area contributed by atoms with Crippen LogP contribution in [0.25, 0.3) is 10.9 Å². The second-order valence-electron chi connectivity index (χ2n) is 5.96. The summed E-state index contributed by atoms with van der Waals surface area (Å²) in [5, 5.41) is 0.479. The van der Waals surface area contributed by atoms with Gasteiger partial charge in [-0.15, -0.1) is 0 Å². The number of rotatable bonds is 6. The number of Topliss-reactive ketones (excluding diaryl/α,β-unsaturated/α-hetero) is 1. The number of hydrogen-bond donors (Lipinski definition) is 1. The van der Waals surface area contributed by atoms with Crippen LogP contribution in [0.5, 0.6) is 5.75 Å². The third-order valence-corrected chi connectivity index (χ3v) is 4.06. The maximum atomic E-state index is 12.5. The molecule has 0 amide bonds. The largest absolute Gasteiger partial charge is 0.494 e. The molecule has 3 aromatic rings. The Bertz CT molecular complexity index is 1040. The fourth-order valence-electron chi connectivity index (χ4n) is 2.70. The lowest BCUT2D eigenvalue weighted by atomic mass is 10.1.